The summed E-state index contributed by atoms with van der Waals surface area (Å²) in [5, 5.41) is 13.8. The van der Waals surface area contributed by atoms with Crippen molar-refractivity contribution in [3.8, 4) is 0 Å². The van der Waals surface area contributed by atoms with E-state index >= 15 is 0 Å². The van der Waals surface area contributed by atoms with Gasteiger partial charge in [-0.25, -0.2) is 0 Å². The quantitative estimate of drug-likeness (QED) is 0.740. The van der Waals surface area contributed by atoms with Crippen molar-refractivity contribution >= 4 is 10.9 Å². The van der Waals surface area contributed by atoms with Gasteiger partial charge in [0.25, 0.3) is 0 Å². The Balaban J connectivity index is 2.02. The Kier molecular flexibility index (Phi) is 3.50. The maximum absolute atomic E-state index is 9.18. The number of hydrogen-bond donors (Lipinski definition) is 3. The predicted octanol–water partition coefficient (Wildman–Crippen LogP) is 2.28. The normalized spacial score (nSPS) is 12.2. The van der Waals surface area contributed by atoms with Crippen LogP contribution in [-0.4, -0.2) is 23.2 Å². The van der Waals surface area contributed by atoms with Crippen LogP contribution in [0.1, 0.15) is 19.4 Å². The Morgan fingerprint density at radius 2 is 2.12 bits per heavy atom. The van der Waals surface area contributed by atoms with E-state index in [-0.39, 0.29) is 12.0 Å². The van der Waals surface area contributed by atoms with Crippen molar-refractivity contribution < 1.29 is 5.11 Å². The Morgan fingerprint density at radius 1 is 1.29 bits per heavy atom. The molecule has 0 bridgehead atoms. The first kappa shape index (κ1) is 12.1. The van der Waals surface area contributed by atoms with E-state index in [4.69, 9.17) is 0 Å². The molecule has 0 fully saturated rings. The molecule has 3 heteroatoms. The molecule has 0 radical (unpaired) electrons. The summed E-state index contributed by atoms with van der Waals surface area (Å²) in [5.41, 5.74) is 2.40. The van der Waals surface area contributed by atoms with Gasteiger partial charge in [0.2, 0.25) is 0 Å². The molecule has 2 rings (SSSR count). The number of aliphatic hydroxyl groups is 1. The van der Waals surface area contributed by atoms with Crippen LogP contribution in [0.5, 0.6) is 0 Å². The molecule has 3 nitrogen and oxygen atoms in total. The number of rotatable bonds is 5. The third kappa shape index (κ3) is 2.87. The molecule has 1 aromatic heterocycles. The maximum Gasteiger partial charge on any atom is 0.0499 e. The minimum Gasteiger partial charge on any atom is -0.396 e. The van der Waals surface area contributed by atoms with Crippen LogP contribution in [0.2, 0.25) is 0 Å². The summed E-state index contributed by atoms with van der Waals surface area (Å²) in [4.78, 5) is 3.26. The predicted molar refractivity (Wildman–Crippen MR) is 70.9 cm³/mol. The molecule has 0 spiro atoms. The number of aliphatic hydroxyl groups excluding tert-OH is 1. The van der Waals surface area contributed by atoms with Gasteiger partial charge in [-0.3, -0.25) is 0 Å². The standard InChI is InChI=1S/C14H20N2O/c1-14(2,10-17)9-15-8-12-5-3-4-11-6-7-16-13(11)12/h3-7,15-17H,8-10H2,1-2H3. The van der Waals surface area contributed by atoms with E-state index in [2.05, 4.69) is 48.4 Å². The Morgan fingerprint density at radius 3 is 2.88 bits per heavy atom. The molecule has 17 heavy (non-hydrogen) atoms. The third-order valence-corrected chi connectivity index (χ3v) is 3.02. The molecule has 0 saturated carbocycles. The second kappa shape index (κ2) is 4.90. The van der Waals surface area contributed by atoms with Gasteiger partial charge in [-0.2, -0.15) is 0 Å². The number of aromatic nitrogens is 1. The molecule has 0 aliphatic rings. The summed E-state index contributed by atoms with van der Waals surface area (Å²) in [6, 6.07) is 8.38. The summed E-state index contributed by atoms with van der Waals surface area (Å²) in [6.45, 7) is 5.93. The van der Waals surface area contributed by atoms with Crippen molar-refractivity contribution in [3.05, 3.63) is 36.0 Å². The molecule has 3 N–H and O–H groups in total. The second-order valence-corrected chi connectivity index (χ2v) is 5.28. The van der Waals surface area contributed by atoms with Crippen LogP contribution in [-0.2, 0) is 6.54 Å². The fraction of sp³-hybridized carbons (Fsp3) is 0.429. The molecule has 0 amide bonds. The van der Waals surface area contributed by atoms with Crippen molar-refractivity contribution in [2.75, 3.05) is 13.2 Å². The van der Waals surface area contributed by atoms with Crippen molar-refractivity contribution in [2.45, 2.75) is 20.4 Å². The van der Waals surface area contributed by atoms with E-state index in [0.29, 0.717) is 0 Å². The molecule has 2 aromatic rings. The highest BCUT2D eigenvalue weighted by Gasteiger charge is 2.15. The number of H-pyrrole nitrogens is 1. The lowest BCUT2D eigenvalue weighted by Gasteiger charge is -2.22. The summed E-state index contributed by atoms with van der Waals surface area (Å²) >= 11 is 0. The van der Waals surface area contributed by atoms with Gasteiger partial charge in [0.1, 0.15) is 0 Å². The van der Waals surface area contributed by atoms with Crippen molar-refractivity contribution in [3.63, 3.8) is 0 Å². The SMILES string of the molecule is CC(C)(CO)CNCc1cccc2cc[nH]c12. The highest BCUT2D eigenvalue weighted by atomic mass is 16.3. The molecular formula is C14H20N2O. The number of fused-ring (bicyclic) bond motifs is 1. The van der Waals surface area contributed by atoms with Gasteiger partial charge in [0.15, 0.2) is 0 Å². The molecule has 0 aliphatic heterocycles. The summed E-state index contributed by atoms with van der Waals surface area (Å²) in [6.07, 6.45) is 1.96. The lowest BCUT2D eigenvalue weighted by molar-refractivity contribution is 0.157. The Bertz CT molecular complexity index is 488. The zero-order valence-corrected chi connectivity index (χ0v) is 10.5. The number of aromatic amines is 1. The third-order valence-electron chi connectivity index (χ3n) is 3.02. The first-order valence-electron chi connectivity index (χ1n) is 5.99. The molecule has 1 aromatic carbocycles. The van der Waals surface area contributed by atoms with E-state index in [9.17, 15) is 5.11 Å². The zero-order chi connectivity index (χ0) is 12.3. The van der Waals surface area contributed by atoms with Crippen LogP contribution in [0.15, 0.2) is 30.5 Å². The van der Waals surface area contributed by atoms with Crippen LogP contribution in [0.3, 0.4) is 0 Å². The Labute approximate surface area is 102 Å². The minimum atomic E-state index is -0.0658. The molecule has 0 saturated heterocycles. The van der Waals surface area contributed by atoms with E-state index < -0.39 is 0 Å². The van der Waals surface area contributed by atoms with Crippen LogP contribution in [0, 0.1) is 5.41 Å². The topological polar surface area (TPSA) is 48.0 Å². The van der Waals surface area contributed by atoms with E-state index in [1.165, 1.54) is 16.5 Å². The minimum absolute atomic E-state index is 0.0658. The van der Waals surface area contributed by atoms with Gasteiger partial charge < -0.3 is 15.4 Å². The summed E-state index contributed by atoms with van der Waals surface area (Å²) in [7, 11) is 0. The number of benzene rings is 1. The smallest absolute Gasteiger partial charge is 0.0499 e. The molecular weight excluding hydrogens is 212 g/mol. The lowest BCUT2D eigenvalue weighted by atomic mass is 9.95. The van der Waals surface area contributed by atoms with Gasteiger partial charge in [-0.05, 0) is 17.0 Å². The van der Waals surface area contributed by atoms with Crippen molar-refractivity contribution in [1.29, 1.82) is 0 Å². The first-order chi connectivity index (χ1) is 8.12. The van der Waals surface area contributed by atoms with E-state index in [1.54, 1.807) is 0 Å². The largest absolute Gasteiger partial charge is 0.396 e. The van der Waals surface area contributed by atoms with Gasteiger partial charge >= 0.3 is 0 Å². The fourth-order valence-electron chi connectivity index (χ4n) is 1.89. The summed E-state index contributed by atoms with van der Waals surface area (Å²) < 4.78 is 0. The lowest BCUT2D eigenvalue weighted by Crippen LogP contribution is -2.31. The van der Waals surface area contributed by atoms with Gasteiger partial charge in [-0.1, -0.05) is 32.0 Å². The second-order valence-electron chi connectivity index (χ2n) is 5.28. The zero-order valence-electron chi connectivity index (χ0n) is 10.5. The molecule has 1 heterocycles. The van der Waals surface area contributed by atoms with Gasteiger partial charge in [0, 0.05) is 36.8 Å². The number of para-hydroxylation sites is 1. The number of nitrogens with one attached hydrogen (secondary N) is 2. The highest BCUT2D eigenvalue weighted by Crippen LogP contribution is 2.17. The Hall–Kier alpha value is -1.32. The molecule has 0 aliphatic carbocycles. The van der Waals surface area contributed by atoms with Crippen molar-refractivity contribution in [1.82, 2.24) is 10.3 Å². The maximum atomic E-state index is 9.18. The summed E-state index contributed by atoms with van der Waals surface area (Å²) in [5.74, 6) is 0. The molecule has 92 valence electrons. The van der Waals surface area contributed by atoms with Crippen LogP contribution >= 0.6 is 0 Å². The van der Waals surface area contributed by atoms with Gasteiger partial charge in [-0.15, -0.1) is 0 Å². The van der Waals surface area contributed by atoms with Crippen molar-refractivity contribution in [2.24, 2.45) is 5.41 Å². The average Bonchev–Trinajstić information content (AvgIpc) is 2.78. The average molecular weight is 232 g/mol. The van der Waals surface area contributed by atoms with E-state index in [1.807, 2.05) is 6.20 Å². The molecule has 0 unspecified atom stereocenters. The first-order valence-corrected chi connectivity index (χ1v) is 5.99. The van der Waals surface area contributed by atoms with Gasteiger partial charge in [0.05, 0.1) is 0 Å². The number of hydrogen-bond acceptors (Lipinski definition) is 2. The molecule has 0 atom stereocenters. The van der Waals surface area contributed by atoms with Crippen LogP contribution < -0.4 is 5.32 Å². The van der Waals surface area contributed by atoms with Crippen LogP contribution in [0.4, 0.5) is 0 Å². The monoisotopic (exact) mass is 232 g/mol. The van der Waals surface area contributed by atoms with Crippen LogP contribution in [0.25, 0.3) is 10.9 Å². The highest BCUT2D eigenvalue weighted by molar-refractivity contribution is 5.82. The fourth-order valence-corrected chi connectivity index (χ4v) is 1.89. The van der Waals surface area contributed by atoms with E-state index in [0.717, 1.165) is 13.1 Å².